The molecule has 0 aromatic carbocycles. The molecule has 1 rings (SSSR count). The Morgan fingerprint density at radius 3 is 2.65 bits per heavy atom. The maximum absolute atomic E-state index is 12.7. The molecule has 1 aromatic rings. The fourth-order valence-corrected chi connectivity index (χ4v) is 2.06. The van der Waals surface area contributed by atoms with E-state index < -0.39 is 12.3 Å². The first-order valence-corrected chi connectivity index (χ1v) is 7.40. The van der Waals surface area contributed by atoms with Crippen LogP contribution < -0.4 is 5.32 Å². The molecule has 2 amide bonds. The minimum absolute atomic E-state index is 0.0604. The minimum Gasteiger partial charge on any atom is -0.361 e. The summed E-state index contributed by atoms with van der Waals surface area (Å²) in [7, 11) is 1.53. The van der Waals surface area contributed by atoms with Gasteiger partial charge in [0.05, 0.1) is 12.1 Å². The molecule has 0 aliphatic carbocycles. The molecule has 0 fully saturated rings. The SMILES string of the molecule is Cc1cc(CC(=O)NC(C)CN(C)C(=O)CCC(C)(F)F)on1. The smallest absolute Gasteiger partial charge is 0.245 e. The third kappa shape index (κ3) is 7.71. The number of hydrogen-bond donors (Lipinski definition) is 1. The van der Waals surface area contributed by atoms with Crippen LogP contribution in [0.25, 0.3) is 0 Å². The molecule has 6 nitrogen and oxygen atoms in total. The number of amides is 2. The third-order valence-corrected chi connectivity index (χ3v) is 3.17. The fourth-order valence-electron chi connectivity index (χ4n) is 2.06. The molecule has 130 valence electrons. The van der Waals surface area contributed by atoms with Gasteiger partial charge < -0.3 is 14.7 Å². The van der Waals surface area contributed by atoms with Crippen molar-refractivity contribution < 1.29 is 22.9 Å². The van der Waals surface area contributed by atoms with E-state index in [0.29, 0.717) is 11.5 Å². The van der Waals surface area contributed by atoms with E-state index in [1.807, 2.05) is 0 Å². The first kappa shape index (κ1) is 19.1. The van der Waals surface area contributed by atoms with Crippen molar-refractivity contribution in [3.63, 3.8) is 0 Å². The van der Waals surface area contributed by atoms with Gasteiger partial charge in [-0.2, -0.15) is 0 Å². The van der Waals surface area contributed by atoms with Gasteiger partial charge in [-0.05, 0) is 20.8 Å². The average molecular weight is 331 g/mol. The summed E-state index contributed by atoms with van der Waals surface area (Å²) in [5.74, 6) is -3.03. The van der Waals surface area contributed by atoms with Crippen molar-refractivity contribution in [2.75, 3.05) is 13.6 Å². The Balaban J connectivity index is 2.35. The molecule has 23 heavy (non-hydrogen) atoms. The number of alkyl halides is 2. The highest BCUT2D eigenvalue weighted by Crippen LogP contribution is 2.19. The summed E-state index contributed by atoms with van der Waals surface area (Å²) in [6, 6.07) is 1.37. The molecular weight excluding hydrogens is 308 g/mol. The molecule has 0 spiro atoms. The lowest BCUT2D eigenvalue weighted by atomic mass is 10.2. The molecule has 1 atom stereocenters. The number of nitrogens with zero attached hydrogens (tertiary/aromatic N) is 2. The van der Waals surface area contributed by atoms with Gasteiger partial charge >= 0.3 is 0 Å². The predicted octanol–water partition coefficient (Wildman–Crippen LogP) is 1.92. The van der Waals surface area contributed by atoms with Crippen molar-refractivity contribution in [2.24, 2.45) is 0 Å². The van der Waals surface area contributed by atoms with Crippen molar-refractivity contribution in [2.45, 2.75) is 52.0 Å². The van der Waals surface area contributed by atoms with Gasteiger partial charge in [-0.1, -0.05) is 5.16 Å². The highest BCUT2D eigenvalue weighted by molar-refractivity contribution is 5.78. The number of nitrogens with one attached hydrogen (secondary N) is 1. The lowest BCUT2D eigenvalue weighted by Crippen LogP contribution is -2.43. The van der Waals surface area contributed by atoms with E-state index in [9.17, 15) is 18.4 Å². The van der Waals surface area contributed by atoms with Crippen LogP contribution in [-0.4, -0.2) is 47.4 Å². The minimum atomic E-state index is -2.86. The van der Waals surface area contributed by atoms with Crippen LogP contribution in [0.15, 0.2) is 10.6 Å². The Hall–Kier alpha value is -1.99. The second kappa shape index (κ2) is 8.03. The largest absolute Gasteiger partial charge is 0.361 e. The van der Waals surface area contributed by atoms with E-state index in [-0.39, 0.29) is 37.2 Å². The zero-order valence-electron chi connectivity index (χ0n) is 13.9. The highest BCUT2D eigenvalue weighted by Gasteiger charge is 2.24. The van der Waals surface area contributed by atoms with Crippen LogP contribution in [0.3, 0.4) is 0 Å². The van der Waals surface area contributed by atoms with Gasteiger partial charge in [0, 0.05) is 38.5 Å². The summed E-state index contributed by atoms with van der Waals surface area (Å²) >= 11 is 0. The fraction of sp³-hybridized carbons (Fsp3) is 0.667. The van der Waals surface area contributed by atoms with Gasteiger partial charge in [-0.3, -0.25) is 9.59 Å². The summed E-state index contributed by atoms with van der Waals surface area (Å²) in [6.45, 7) is 4.53. The summed E-state index contributed by atoms with van der Waals surface area (Å²) < 4.78 is 30.4. The summed E-state index contributed by atoms with van der Waals surface area (Å²) in [5.41, 5.74) is 0.693. The number of carbonyl (C=O) groups is 2. The topological polar surface area (TPSA) is 75.4 Å². The molecule has 1 unspecified atom stereocenters. The Labute approximate surface area is 134 Å². The van der Waals surface area contributed by atoms with Crippen molar-refractivity contribution in [3.8, 4) is 0 Å². The Morgan fingerprint density at radius 2 is 2.13 bits per heavy atom. The van der Waals surface area contributed by atoms with Crippen LogP contribution in [0.2, 0.25) is 0 Å². The number of hydrogen-bond acceptors (Lipinski definition) is 4. The van der Waals surface area contributed by atoms with Crippen LogP contribution in [0, 0.1) is 6.92 Å². The summed E-state index contributed by atoms with van der Waals surface area (Å²) in [4.78, 5) is 24.9. The highest BCUT2D eigenvalue weighted by atomic mass is 19.3. The molecule has 8 heteroatoms. The molecule has 1 aromatic heterocycles. The average Bonchev–Trinajstić information content (AvgIpc) is 2.79. The Bertz CT molecular complexity index is 540. The van der Waals surface area contributed by atoms with Crippen LogP contribution in [0.5, 0.6) is 0 Å². The van der Waals surface area contributed by atoms with Gasteiger partial charge in [-0.15, -0.1) is 0 Å². The van der Waals surface area contributed by atoms with Gasteiger partial charge in [-0.25, -0.2) is 8.78 Å². The second-order valence-electron chi connectivity index (χ2n) is 5.92. The number of likely N-dealkylation sites (N-methyl/N-ethyl adjacent to an activating group) is 1. The number of carbonyl (C=O) groups excluding carboxylic acids is 2. The van der Waals surface area contributed by atoms with E-state index in [2.05, 4.69) is 10.5 Å². The first-order valence-electron chi connectivity index (χ1n) is 7.40. The molecule has 0 radical (unpaired) electrons. The number of rotatable bonds is 8. The Kier molecular flexibility index (Phi) is 6.65. The number of halogens is 2. The maximum atomic E-state index is 12.7. The van der Waals surface area contributed by atoms with E-state index in [4.69, 9.17) is 4.52 Å². The molecule has 0 aliphatic rings. The van der Waals surface area contributed by atoms with Crippen molar-refractivity contribution >= 4 is 11.8 Å². The first-order chi connectivity index (χ1) is 10.6. The molecule has 0 saturated heterocycles. The molecule has 0 bridgehead atoms. The maximum Gasteiger partial charge on any atom is 0.245 e. The molecular formula is C15H23F2N3O3. The zero-order chi connectivity index (χ0) is 17.6. The molecule has 0 aliphatic heterocycles. The second-order valence-corrected chi connectivity index (χ2v) is 5.92. The van der Waals surface area contributed by atoms with Crippen LogP contribution >= 0.6 is 0 Å². The third-order valence-electron chi connectivity index (χ3n) is 3.17. The summed E-state index contributed by atoms with van der Waals surface area (Å²) in [5, 5.41) is 6.42. The van der Waals surface area contributed by atoms with Crippen LogP contribution in [-0.2, 0) is 16.0 Å². The standard InChI is InChI=1S/C15H23F2N3O3/c1-10-7-12(23-19-10)8-13(21)18-11(2)9-20(4)14(22)5-6-15(3,16)17/h7,11H,5-6,8-9H2,1-4H3,(H,18,21). The molecule has 1 N–H and O–H groups in total. The quantitative estimate of drug-likeness (QED) is 0.790. The lowest BCUT2D eigenvalue weighted by molar-refractivity contribution is -0.132. The lowest BCUT2D eigenvalue weighted by Gasteiger charge is -2.23. The van der Waals surface area contributed by atoms with Crippen LogP contribution in [0.4, 0.5) is 8.78 Å². The van der Waals surface area contributed by atoms with E-state index in [0.717, 1.165) is 6.92 Å². The van der Waals surface area contributed by atoms with Gasteiger partial charge in [0.25, 0.3) is 0 Å². The zero-order valence-corrected chi connectivity index (χ0v) is 13.9. The Morgan fingerprint density at radius 1 is 1.48 bits per heavy atom. The van der Waals surface area contributed by atoms with E-state index in [1.165, 1.54) is 11.9 Å². The van der Waals surface area contributed by atoms with Crippen molar-refractivity contribution in [1.29, 1.82) is 0 Å². The van der Waals surface area contributed by atoms with Gasteiger partial charge in [0.1, 0.15) is 5.76 Å². The van der Waals surface area contributed by atoms with Crippen molar-refractivity contribution in [1.82, 2.24) is 15.4 Å². The summed E-state index contributed by atoms with van der Waals surface area (Å²) in [6.07, 6.45) is -0.648. The molecule has 0 saturated carbocycles. The predicted molar refractivity (Wildman–Crippen MR) is 80.0 cm³/mol. The van der Waals surface area contributed by atoms with Crippen LogP contribution in [0.1, 0.15) is 38.1 Å². The van der Waals surface area contributed by atoms with Gasteiger partial charge in [0.2, 0.25) is 17.7 Å². The number of aryl methyl sites for hydroxylation is 1. The molecule has 1 heterocycles. The van der Waals surface area contributed by atoms with Gasteiger partial charge in [0.15, 0.2) is 0 Å². The van der Waals surface area contributed by atoms with Crippen molar-refractivity contribution in [3.05, 3.63) is 17.5 Å². The normalized spacial score (nSPS) is 12.8. The monoisotopic (exact) mass is 331 g/mol. The van der Waals surface area contributed by atoms with E-state index >= 15 is 0 Å². The van der Waals surface area contributed by atoms with E-state index in [1.54, 1.807) is 19.9 Å². The number of aromatic nitrogens is 1.